The number of hydrogen-bond donors (Lipinski definition) is 4. The minimum Gasteiger partial charge on any atom is -0.478 e. The fourth-order valence-electron chi connectivity index (χ4n) is 3.75. The van der Waals surface area contributed by atoms with Crippen LogP contribution in [0, 0.1) is 10.1 Å². The quantitative estimate of drug-likeness (QED) is 0.0668. The number of nitrogens with one attached hydrogen (secondary N) is 3. The van der Waals surface area contributed by atoms with Crippen LogP contribution in [0.4, 0.5) is 17.1 Å². The molecule has 0 heterocycles. The summed E-state index contributed by atoms with van der Waals surface area (Å²) in [5, 5.41) is 28.2. The first-order chi connectivity index (χ1) is 21.1. The van der Waals surface area contributed by atoms with Gasteiger partial charge in [-0.25, -0.2) is 4.79 Å². The predicted molar refractivity (Wildman–Crippen MR) is 168 cm³/mol. The lowest BCUT2D eigenvalue weighted by molar-refractivity contribution is -0.384. The Labute approximate surface area is 260 Å². The molecule has 11 nitrogen and oxygen atoms in total. The molecule has 3 amide bonds. The van der Waals surface area contributed by atoms with E-state index < -0.39 is 22.7 Å². The summed E-state index contributed by atoms with van der Waals surface area (Å²) in [6.07, 6.45) is 1.41. The zero-order valence-electron chi connectivity index (χ0n) is 22.7. The molecule has 0 spiro atoms. The monoisotopic (exact) mass is 630 g/mol. The molecule has 222 valence electrons. The number of aromatic carboxylic acids is 1. The van der Waals surface area contributed by atoms with Crippen LogP contribution in [0.5, 0.6) is 0 Å². The zero-order chi connectivity index (χ0) is 31.6. The molecule has 0 saturated heterocycles. The van der Waals surface area contributed by atoms with Crippen LogP contribution >= 0.6 is 23.4 Å². The number of nitro groups is 1. The van der Waals surface area contributed by atoms with E-state index in [9.17, 15) is 34.4 Å². The molecule has 0 bridgehead atoms. The van der Waals surface area contributed by atoms with Crippen molar-refractivity contribution in [1.29, 1.82) is 0 Å². The Morgan fingerprint density at radius 2 is 1.52 bits per heavy atom. The van der Waals surface area contributed by atoms with E-state index >= 15 is 0 Å². The second-order valence-electron chi connectivity index (χ2n) is 9.04. The predicted octanol–water partition coefficient (Wildman–Crippen LogP) is 6.09. The van der Waals surface area contributed by atoms with Crippen LogP contribution in [-0.4, -0.2) is 39.5 Å². The molecular formula is C31H23ClN4O7S. The van der Waals surface area contributed by atoms with Gasteiger partial charge in [0.1, 0.15) is 5.70 Å². The Morgan fingerprint density at radius 3 is 2.16 bits per heavy atom. The first-order valence-electron chi connectivity index (χ1n) is 12.8. The Hall–Kier alpha value is -5.46. The van der Waals surface area contributed by atoms with Gasteiger partial charge < -0.3 is 21.1 Å². The first-order valence-corrected chi connectivity index (χ1v) is 14.1. The van der Waals surface area contributed by atoms with Gasteiger partial charge in [-0.3, -0.25) is 24.5 Å². The molecule has 4 aromatic rings. The highest BCUT2D eigenvalue weighted by atomic mass is 35.5. The van der Waals surface area contributed by atoms with Gasteiger partial charge in [-0.2, -0.15) is 0 Å². The highest BCUT2D eigenvalue weighted by Gasteiger charge is 2.16. The molecule has 0 aliphatic carbocycles. The molecule has 0 radical (unpaired) electrons. The molecule has 13 heteroatoms. The Bertz CT molecular complexity index is 1750. The molecule has 4 rings (SSSR count). The summed E-state index contributed by atoms with van der Waals surface area (Å²) in [6.45, 7) is 0. The van der Waals surface area contributed by atoms with E-state index in [1.54, 1.807) is 54.6 Å². The van der Waals surface area contributed by atoms with Crippen molar-refractivity contribution in [3.63, 3.8) is 0 Å². The minimum absolute atomic E-state index is 0.0321. The third kappa shape index (κ3) is 8.77. The summed E-state index contributed by atoms with van der Waals surface area (Å²) in [5.74, 6) is -2.68. The van der Waals surface area contributed by atoms with Crippen molar-refractivity contribution in [2.45, 2.75) is 4.90 Å². The molecule has 0 atom stereocenters. The van der Waals surface area contributed by atoms with E-state index in [0.29, 0.717) is 22.5 Å². The maximum atomic E-state index is 13.2. The van der Waals surface area contributed by atoms with E-state index in [0.717, 1.165) is 4.90 Å². The van der Waals surface area contributed by atoms with Gasteiger partial charge in [0.05, 0.1) is 21.3 Å². The maximum Gasteiger partial charge on any atom is 0.337 e. The molecule has 4 aromatic carbocycles. The van der Waals surface area contributed by atoms with Crippen LogP contribution in [-0.2, 0) is 9.59 Å². The number of anilines is 2. The minimum atomic E-state index is -1.21. The SMILES string of the molecule is O=C(CSc1ccc(NC(=O)/C(=C/c2ccc([N+](=O)[O-])cc2)NC(=O)c2ccccc2)cc1)Nc1ccc(Cl)c(C(=O)O)c1. The fourth-order valence-corrected chi connectivity index (χ4v) is 4.64. The number of hydrogen-bond acceptors (Lipinski definition) is 7. The summed E-state index contributed by atoms with van der Waals surface area (Å²) in [6, 6.07) is 24.6. The smallest absolute Gasteiger partial charge is 0.337 e. The van der Waals surface area contributed by atoms with E-state index in [4.69, 9.17) is 11.6 Å². The van der Waals surface area contributed by atoms with Gasteiger partial charge in [0.25, 0.3) is 17.5 Å². The van der Waals surface area contributed by atoms with Crippen molar-refractivity contribution in [2.75, 3.05) is 16.4 Å². The summed E-state index contributed by atoms with van der Waals surface area (Å²) in [7, 11) is 0. The van der Waals surface area contributed by atoms with Gasteiger partial charge >= 0.3 is 5.97 Å². The number of thioether (sulfide) groups is 1. The van der Waals surface area contributed by atoms with Crippen LogP contribution in [0.2, 0.25) is 5.02 Å². The highest BCUT2D eigenvalue weighted by molar-refractivity contribution is 8.00. The summed E-state index contributed by atoms with van der Waals surface area (Å²) in [4.78, 5) is 60.8. The summed E-state index contributed by atoms with van der Waals surface area (Å²) < 4.78 is 0. The van der Waals surface area contributed by atoms with Gasteiger partial charge in [0, 0.05) is 34.0 Å². The number of benzene rings is 4. The van der Waals surface area contributed by atoms with Crippen molar-refractivity contribution in [3.05, 3.63) is 135 Å². The lowest BCUT2D eigenvalue weighted by Crippen LogP contribution is -2.30. The number of carboxylic acid groups (broad SMARTS) is 1. The second kappa shape index (κ2) is 14.6. The van der Waals surface area contributed by atoms with Crippen molar-refractivity contribution < 1.29 is 29.2 Å². The Kier molecular flexibility index (Phi) is 10.5. The van der Waals surface area contributed by atoms with Crippen LogP contribution in [0.1, 0.15) is 26.3 Å². The van der Waals surface area contributed by atoms with Gasteiger partial charge in [-0.05, 0) is 78.4 Å². The van der Waals surface area contributed by atoms with Crippen molar-refractivity contribution >= 4 is 70.2 Å². The average Bonchev–Trinajstić information content (AvgIpc) is 3.01. The Balaban J connectivity index is 1.41. The number of nitrogens with zero attached hydrogens (tertiary/aromatic N) is 1. The molecule has 44 heavy (non-hydrogen) atoms. The number of amides is 3. The van der Waals surface area contributed by atoms with E-state index in [1.807, 2.05) is 0 Å². The van der Waals surface area contributed by atoms with Crippen LogP contribution < -0.4 is 16.0 Å². The molecule has 0 fully saturated rings. The maximum absolute atomic E-state index is 13.2. The lowest BCUT2D eigenvalue weighted by Gasteiger charge is -2.12. The Morgan fingerprint density at radius 1 is 0.864 bits per heavy atom. The largest absolute Gasteiger partial charge is 0.478 e. The summed E-state index contributed by atoms with van der Waals surface area (Å²) in [5.41, 5.74) is 1.17. The highest BCUT2D eigenvalue weighted by Crippen LogP contribution is 2.23. The molecule has 0 aliphatic rings. The number of carbonyl (C=O) groups excluding carboxylic acids is 3. The third-order valence-electron chi connectivity index (χ3n) is 5.91. The fraction of sp³-hybridized carbons (Fsp3) is 0.0323. The summed E-state index contributed by atoms with van der Waals surface area (Å²) >= 11 is 7.09. The molecule has 0 unspecified atom stereocenters. The first kappa shape index (κ1) is 31.5. The van der Waals surface area contributed by atoms with Crippen molar-refractivity contribution in [3.8, 4) is 0 Å². The number of halogens is 1. The second-order valence-corrected chi connectivity index (χ2v) is 10.5. The number of rotatable bonds is 11. The number of carboxylic acids is 1. The molecule has 0 aliphatic heterocycles. The van der Waals surface area contributed by atoms with Crippen LogP contribution in [0.25, 0.3) is 6.08 Å². The molecule has 4 N–H and O–H groups in total. The van der Waals surface area contributed by atoms with E-state index in [2.05, 4.69) is 16.0 Å². The number of nitro benzene ring substituents is 1. The molecule has 0 saturated carbocycles. The van der Waals surface area contributed by atoms with Gasteiger partial charge in [0.15, 0.2) is 0 Å². The molecule has 0 aromatic heterocycles. The number of carbonyl (C=O) groups is 4. The molecular weight excluding hydrogens is 608 g/mol. The third-order valence-corrected chi connectivity index (χ3v) is 7.25. The van der Waals surface area contributed by atoms with Gasteiger partial charge in [-0.1, -0.05) is 29.8 Å². The van der Waals surface area contributed by atoms with Gasteiger partial charge in [-0.15, -0.1) is 11.8 Å². The average molecular weight is 631 g/mol. The normalized spacial score (nSPS) is 10.9. The van der Waals surface area contributed by atoms with Crippen LogP contribution in [0.15, 0.2) is 108 Å². The zero-order valence-corrected chi connectivity index (χ0v) is 24.2. The standard InChI is InChI=1S/C31H23ClN4O7S/c32-26-15-10-22(17-25(26)31(40)41)33-28(37)18-44-24-13-8-21(9-14-24)34-30(39)27(35-29(38)20-4-2-1-3-5-20)16-19-6-11-23(12-7-19)36(42)43/h1-17H,18H2,(H,33,37)(H,34,39)(H,35,38)(H,40,41)/b27-16-. The van der Waals surface area contributed by atoms with Crippen molar-refractivity contribution in [2.24, 2.45) is 0 Å². The lowest BCUT2D eigenvalue weighted by atomic mass is 10.1. The van der Waals surface area contributed by atoms with Crippen LogP contribution in [0.3, 0.4) is 0 Å². The number of non-ortho nitro benzene ring substituents is 1. The van der Waals surface area contributed by atoms with Crippen molar-refractivity contribution in [1.82, 2.24) is 5.32 Å². The van der Waals surface area contributed by atoms with E-state index in [-0.39, 0.29) is 33.6 Å². The van der Waals surface area contributed by atoms with Gasteiger partial charge in [0.2, 0.25) is 5.91 Å². The topological polar surface area (TPSA) is 168 Å². The van der Waals surface area contributed by atoms with E-state index in [1.165, 1.54) is 60.3 Å².